The summed E-state index contributed by atoms with van der Waals surface area (Å²) in [7, 11) is 3.13. The van der Waals surface area contributed by atoms with Gasteiger partial charge in [-0.3, -0.25) is 9.59 Å². The van der Waals surface area contributed by atoms with Gasteiger partial charge < -0.3 is 14.4 Å². The van der Waals surface area contributed by atoms with Crippen molar-refractivity contribution in [3.63, 3.8) is 0 Å². The lowest BCUT2D eigenvalue weighted by Crippen LogP contribution is -2.37. The summed E-state index contributed by atoms with van der Waals surface area (Å²) in [6.45, 7) is 6.66. The molecule has 1 aromatic carbocycles. The molecule has 0 atom stereocenters. The number of ether oxygens (including phenoxy) is 2. The largest absolute Gasteiger partial charge is 0.493 e. The van der Waals surface area contributed by atoms with Crippen molar-refractivity contribution < 1.29 is 14.3 Å². The van der Waals surface area contributed by atoms with Crippen molar-refractivity contribution in [2.75, 3.05) is 27.3 Å². The highest BCUT2D eigenvalue weighted by molar-refractivity contribution is 7.19. The molecular weight excluding hydrogens is 392 g/mol. The van der Waals surface area contributed by atoms with Crippen molar-refractivity contribution in [2.45, 2.75) is 27.3 Å². The minimum absolute atomic E-state index is 0.132. The molecule has 3 aromatic rings. The fourth-order valence-corrected chi connectivity index (χ4v) is 4.07. The fourth-order valence-electron chi connectivity index (χ4n) is 3.15. The Bertz CT molecular complexity index is 1100. The van der Waals surface area contributed by atoms with Crippen LogP contribution in [0.2, 0.25) is 0 Å². The van der Waals surface area contributed by atoms with Gasteiger partial charge in [-0.25, -0.2) is 9.67 Å². The first-order valence-electron chi connectivity index (χ1n) is 9.31. The third-order valence-corrected chi connectivity index (χ3v) is 5.64. The van der Waals surface area contributed by atoms with Crippen molar-refractivity contribution in [1.29, 1.82) is 0 Å². The molecular formula is C20H24N4O4S. The number of aromatic nitrogens is 3. The molecule has 0 aliphatic carbocycles. The van der Waals surface area contributed by atoms with E-state index in [1.165, 1.54) is 16.0 Å². The van der Waals surface area contributed by atoms with Gasteiger partial charge in [-0.15, -0.1) is 11.3 Å². The Balaban J connectivity index is 2.18. The molecule has 29 heavy (non-hydrogen) atoms. The molecule has 0 fully saturated rings. The number of benzene rings is 1. The Labute approximate surface area is 172 Å². The zero-order valence-electron chi connectivity index (χ0n) is 17.2. The first-order chi connectivity index (χ1) is 13.9. The highest BCUT2D eigenvalue weighted by atomic mass is 32.1. The van der Waals surface area contributed by atoms with Crippen LogP contribution in [0.5, 0.6) is 11.5 Å². The van der Waals surface area contributed by atoms with Crippen molar-refractivity contribution in [2.24, 2.45) is 0 Å². The van der Waals surface area contributed by atoms with E-state index < -0.39 is 0 Å². The Kier molecular flexibility index (Phi) is 6.17. The lowest BCUT2D eigenvalue weighted by Gasteiger charge is -2.19. The van der Waals surface area contributed by atoms with E-state index in [9.17, 15) is 9.59 Å². The molecule has 0 bridgehead atoms. The molecule has 2 heterocycles. The highest BCUT2D eigenvalue weighted by Crippen LogP contribution is 2.35. The predicted molar refractivity (Wildman–Crippen MR) is 113 cm³/mol. The third kappa shape index (κ3) is 3.95. The smallest absolute Gasteiger partial charge is 0.294 e. The third-order valence-electron chi connectivity index (χ3n) is 4.67. The van der Waals surface area contributed by atoms with Crippen LogP contribution in [0.4, 0.5) is 0 Å². The van der Waals surface area contributed by atoms with E-state index in [4.69, 9.17) is 9.47 Å². The number of carbonyl (C=O) groups is 1. The number of carbonyl (C=O) groups excluding carboxylic acids is 1. The van der Waals surface area contributed by atoms with Gasteiger partial charge >= 0.3 is 0 Å². The van der Waals surface area contributed by atoms with Gasteiger partial charge in [0.05, 0.1) is 23.9 Å². The lowest BCUT2D eigenvalue weighted by atomic mass is 10.1. The second kappa shape index (κ2) is 8.60. The number of methoxy groups -OCH3 is 2. The summed E-state index contributed by atoms with van der Waals surface area (Å²) in [5.41, 5.74) is 1.28. The normalized spacial score (nSPS) is 10.9. The van der Waals surface area contributed by atoms with Gasteiger partial charge in [0.15, 0.2) is 17.0 Å². The Morgan fingerprint density at radius 1 is 1.17 bits per heavy atom. The van der Waals surface area contributed by atoms with Crippen LogP contribution in [0.25, 0.3) is 21.5 Å². The number of rotatable bonds is 7. The summed E-state index contributed by atoms with van der Waals surface area (Å²) < 4.78 is 12.6. The first-order valence-corrected chi connectivity index (χ1v) is 10.1. The van der Waals surface area contributed by atoms with E-state index in [2.05, 4.69) is 10.1 Å². The minimum Gasteiger partial charge on any atom is -0.493 e. The van der Waals surface area contributed by atoms with Crippen LogP contribution in [0.3, 0.4) is 0 Å². The Morgan fingerprint density at radius 2 is 1.86 bits per heavy atom. The average Bonchev–Trinajstić information content (AvgIpc) is 3.12. The Hall–Kier alpha value is -2.94. The summed E-state index contributed by atoms with van der Waals surface area (Å²) in [4.78, 5) is 31.5. The van der Waals surface area contributed by atoms with E-state index >= 15 is 0 Å². The van der Waals surface area contributed by atoms with Gasteiger partial charge in [0, 0.05) is 18.7 Å². The van der Waals surface area contributed by atoms with Gasteiger partial charge in [-0.2, -0.15) is 5.10 Å². The number of likely N-dealkylation sites (N-methyl/N-ethyl adjacent to an activating group) is 1. The van der Waals surface area contributed by atoms with E-state index in [-0.39, 0.29) is 18.0 Å². The molecule has 0 spiro atoms. The number of hydrogen-bond acceptors (Lipinski definition) is 7. The van der Waals surface area contributed by atoms with E-state index in [0.29, 0.717) is 40.5 Å². The van der Waals surface area contributed by atoms with Crippen LogP contribution in [-0.4, -0.2) is 52.9 Å². The van der Waals surface area contributed by atoms with Crippen molar-refractivity contribution in [1.82, 2.24) is 19.7 Å². The summed E-state index contributed by atoms with van der Waals surface area (Å²) >= 11 is 1.40. The minimum atomic E-state index is -0.367. The number of hydrogen-bond donors (Lipinski definition) is 0. The van der Waals surface area contributed by atoms with Crippen LogP contribution in [0.15, 0.2) is 23.0 Å². The Morgan fingerprint density at radius 3 is 2.48 bits per heavy atom. The molecule has 3 rings (SSSR count). The van der Waals surface area contributed by atoms with Crippen LogP contribution in [0.1, 0.15) is 18.9 Å². The number of thiazole rings is 1. The summed E-state index contributed by atoms with van der Waals surface area (Å²) in [5, 5.41) is 5.29. The van der Waals surface area contributed by atoms with E-state index in [1.54, 1.807) is 31.3 Å². The molecule has 8 nitrogen and oxygen atoms in total. The van der Waals surface area contributed by atoms with Crippen molar-refractivity contribution in [3.8, 4) is 22.8 Å². The maximum atomic E-state index is 12.9. The van der Waals surface area contributed by atoms with Crippen LogP contribution >= 0.6 is 11.3 Å². The SMILES string of the molecule is CCN(CC)C(=O)Cn1nc(-c2ccc(OC)c(OC)c2)c2sc(C)nc2c1=O. The van der Waals surface area contributed by atoms with Crippen LogP contribution < -0.4 is 15.0 Å². The highest BCUT2D eigenvalue weighted by Gasteiger charge is 2.20. The molecule has 154 valence electrons. The zero-order chi connectivity index (χ0) is 21.1. The van der Waals surface area contributed by atoms with E-state index in [1.807, 2.05) is 26.8 Å². The maximum Gasteiger partial charge on any atom is 0.294 e. The molecule has 1 amide bonds. The molecule has 0 aliphatic heterocycles. The molecule has 2 aromatic heterocycles. The topological polar surface area (TPSA) is 86.6 Å². The van der Waals surface area contributed by atoms with Gasteiger partial charge in [0.2, 0.25) is 5.91 Å². The molecule has 0 aliphatic rings. The molecule has 0 saturated carbocycles. The summed E-state index contributed by atoms with van der Waals surface area (Å²) in [6, 6.07) is 5.43. The van der Waals surface area contributed by atoms with Crippen molar-refractivity contribution >= 4 is 27.5 Å². The fraction of sp³-hybridized carbons (Fsp3) is 0.400. The number of aryl methyl sites for hydroxylation is 1. The predicted octanol–water partition coefficient (Wildman–Crippen LogP) is 2.71. The second-order valence-corrected chi connectivity index (χ2v) is 7.56. The molecule has 0 radical (unpaired) electrons. The molecule has 0 N–H and O–H groups in total. The monoisotopic (exact) mass is 416 g/mol. The van der Waals surface area contributed by atoms with Gasteiger partial charge in [-0.1, -0.05) is 0 Å². The summed E-state index contributed by atoms with van der Waals surface area (Å²) in [6.07, 6.45) is 0. The molecule has 0 saturated heterocycles. The quantitative estimate of drug-likeness (QED) is 0.589. The van der Waals surface area contributed by atoms with Gasteiger partial charge in [0.1, 0.15) is 12.2 Å². The van der Waals surface area contributed by atoms with E-state index in [0.717, 1.165) is 10.6 Å². The number of nitrogens with zero attached hydrogens (tertiary/aromatic N) is 4. The second-order valence-electron chi connectivity index (χ2n) is 6.36. The van der Waals surface area contributed by atoms with Gasteiger partial charge in [0.25, 0.3) is 5.56 Å². The standard InChI is InChI=1S/C20H24N4O4S/c1-6-23(7-2)16(25)11-24-20(26)18-19(29-12(3)21-18)17(22-24)13-8-9-14(27-4)15(10-13)28-5/h8-10H,6-7,11H2,1-5H3. The maximum absolute atomic E-state index is 12.9. The number of fused-ring (bicyclic) bond motifs is 1. The van der Waals surface area contributed by atoms with Crippen molar-refractivity contribution in [3.05, 3.63) is 33.6 Å². The van der Waals surface area contributed by atoms with Gasteiger partial charge in [-0.05, 0) is 39.0 Å². The van der Waals surface area contributed by atoms with Crippen LogP contribution in [0, 0.1) is 6.92 Å². The average molecular weight is 417 g/mol. The first kappa shape index (κ1) is 20.8. The van der Waals surface area contributed by atoms with Crippen LogP contribution in [-0.2, 0) is 11.3 Å². The molecule has 0 unspecified atom stereocenters. The zero-order valence-corrected chi connectivity index (χ0v) is 18.0. The lowest BCUT2D eigenvalue weighted by molar-refractivity contribution is -0.131. The number of amides is 1. The molecule has 9 heteroatoms. The summed E-state index contributed by atoms with van der Waals surface area (Å²) in [5.74, 6) is 0.991.